The first-order valence-electron chi connectivity index (χ1n) is 4.73. The molecule has 0 aliphatic heterocycles. The first-order chi connectivity index (χ1) is 7.22. The van der Waals surface area contributed by atoms with Crippen molar-refractivity contribution >= 4 is 30.0 Å². The highest BCUT2D eigenvalue weighted by Gasteiger charge is 2.09. The molecule has 0 aliphatic carbocycles. The van der Waals surface area contributed by atoms with Crippen LogP contribution < -0.4 is 5.32 Å². The Labute approximate surface area is 100 Å². The Morgan fingerprint density at radius 2 is 1.88 bits per heavy atom. The van der Waals surface area contributed by atoms with E-state index in [0.29, 0.717) is 5.69 Å². The summed E-state index contributed by atoms with van der Waals surface area (Å²) >= 11 is 0. The van der Waals surface area contributed by atoms with Crippen LogP contribution >= 0.6 is 12.4 Å². The largest absolute Gasteiger partial charge is 0.466 e. The molecule has 0 radical (unpaired) electrons. The van der Waals surface area contributed by atoms with Crippen LogP contribution in [0.15, 0.2) is 30.3 Å². The van der Waals surface area contributed by atoms with Crippen LogP contribution in [0.3, 0.4) is 0 Å². The van der Waals surface area contributed by atoms with Gasteiger partial charge in [-0.15, -0.1) is 12.4 Å². The molecule has 4 nitrogen and oxygen atoms in total. The predicted octanol–water partition coefficient (Wildman–Crippen LogP) is 2.00. The van der Waals surface area contributed by atoms with Gasteiger partial charge in [0, 0.05) is 5.69 Å². The quantitative estimate of drug-likeness (QED) is 0.650. The maximum Gasteiger partial charge on any atom is 0.315 e. The molecule has 0 atom stereocenters. The normalized spacial score (nSPS) is 8.81. The van der Waals surface area contributed by atoms with Crippen molar-refractivity contribution in [3.63, 3.8) is 0 Å². The van der Waals surface area contributed by atoms with Gasteiger partial charge < -0.3 is 10.1 Å². The van der Waals surface area contributed by atoms with Crippen LogP contribution in [0.5, 0.6) is 0 Å². The summed E-state index contributed by atoms with van der Waals surface area (Å²) < 4.78 is 4.65. The van der Waals surface area contributed by atoms with E-state index < -0.39 is 5.97 Å². The molecule has 1 rings (SSSR count). The second-order valence-corrected chi connectivity index (χ2v) is 2.90. The van der Waals surface area contributed by atoms with Gasteiger partial charge in [-0.25, -0.2) is 0 Å². The third-order valence-electron chi connectivity index (χ3n) is 1.67. The summed E-state index contributed by atoms with van der Waals surface area (Å²) in [6, 6.07) is 8.97. The molecule has 88 valence electrons. The molecule has 16 heavy (non-hydrogen) atoms. The minimum absolute atomic E-state index is 0. The third kappa shape index (κ3) is 5.36. The van der Waals surface area contributed by atoms with Crippen molar-refractivity contribution < 1.29 is 14.3 Å². The Morgan fingerprint density at radius 1 is 1.25 bits per heavy atom. The van der Waals surface area contributed by atoms with Gasteiger partial charge in [-0.1, -0.05) is 18.2 Å². The fourth-order valence-electron chi connectivity index (χ4n) is 1.07. The molecule has 1 amide bonds. The molecule has 0 spiro atoms. The highest BCUT2D eigenvalue weighted by Crippen LogP contribution is 2.05. The number of amides is 1. The van der Waals surface area contributed by atoms with Crippen LogP contribution in [0.25, 0.3) is 0 Å². The molecule has 0 bridgehead atoms. The number of para-hydroxylation sites is 1. The average Bonchev–Trinajstić information content (AvgIpc) is 2.19. The number of nitrogens with one attached hydrogen (secondary N) is 1. The topological polar surface area (TPSA) is 55.4 Å². The monoisotopic (exact) mass is 243 g/mol. The number of halogens is 1. The smallest absolute Gasteiger partial charge is 0.315 e. The molecule has 0 saturated carbocycles. The Hall–Kier alpha value is -1.55. The molecule has 5 heteroatoms. The van der Waals surface area contributed by atoms with Crippen molar-refractivity contribution in [1.29, 1.82) is 0 Å². The first kappa shape index (κ1) is 14.5. The van der Waals surface area contributed by atoms with Gasteiger partial charge in [0.25, 0.3) is 0 Å². The van der Waals surface area contributed by atoms with E-state index in [4.69, 9.17) is 0 Å². The summed E-state index contributed by atoms with van der Waals surface area (Å²) in [6.45, 7) is 1.99. The number of benzene rings is 1. The molecule has 1 aromatic carbocycles. The lowest BCUT2D eigenvalue weighted by Gasteiger charge is -2.04. The standard InChI is InChI=1S/C11H13NO3.ClH/c1-2-15-11(14)8-10(13)12-9-6-4-3-5-7-9;/h3-7H,2,8H2,1H3,(H,12,13);1H. The van der Waals surface area contributed by atoms with Crippen molar-refractivity contribution in [3.05, 3.63) is 30.3 Å². The van der Waals surface area contributed by atoms with E-state index in [1.54, 1.807) is 31.2 Å². The summed E-state index contributed by atoms with van der Waals surface area (Å²) in [6.07, 6.45) is -0.247. The highest BCUT2D eigenvalue weighted by atomic mass is 35.5. The van der Waals surface area contributed by atoms with Gasteiger partial charge in [0.15, 0.2) is 0 Å². The zero-order valence-electron chi connectivity index (χ0n) is 8.93. The number of ether oxygens (including phenoxy) is 1. The fourth-order valence-corrected chi connectivity index (χ4v) is 1.07. The van der Waals surface area contributed by atoms with Gasteiger partial charge in [0.2, 0.25) is 5.91 Å². The molecule has 0 heterocycles. The van der Waals surface area contributed by atoms with Crippen LogP contribution in [0.2, 0.25) is 0 Å². The molecule has 0 fully saturated rings. The van der Waals surface area contributed by atoms with Crippen LogP contribution in [-0.4, -0.2) is 18.5 Å². The number of hydrogen-bond acceptors (Lipinski definition) is 3. The third-order valence-corrected chi connectivity index (χ3v) is 1.67. The molecule has 1 aromatic rings. The van der Waals surface area contributed by atoms with E-state index in [1.165, 1.54) is 0 Å². The van der Waals surface area contributed by atoms with Gasteiger partial charge in [0.05, 0.1) is 6.61 Å². The number of anilines is 1. The molecule has 0 unspecified atom stereocenters. The van der Waals surface area contributed by atoms with Gasteiger partial charge >= 0.3 is 5.97 Å². The number of carbonyl (C=O) groups excluding carboxylic acids is 2. The Kier molecular flexibility index (Phi) is 6.96. The average molecular weight is 244 g/mol. The number of rotatable bonds is 4. The lowest BCUT2D eigenvalue weighted by Crippen LogP contribution is -2.18. The predicted molar refractivity (Wildman–Crippen MR) is 63.6 cm³/mol. The number of carbonyl (C=O) groups is 2. The van der Waals surface area contributed by atoms with E-state index >= 15 is 0 Å². The van der Waals surface area contributed by atoms with Crippen molar-refractivity contribution in [2.45, 2.75) is 13.3 Å². The fraction of sp³-hybridized carbons (Fsp3) is 0.273. The van der Waals surface area contributed by atoms with Crippen molar-refractivity contribution in [2.24, 2.45) is 0 Å². The van der Waals surface area contributed by atoms with Crippen LogP contribution in [-0.2, 0) is 14.3 Å². The van der Waals surface area contributed by atoms with E-state index in [9.17, 15) is 9.59 Å². The van der Waals surface area contributed by atoms with Crippen molar-refractivity contribution in [1.82, 2.24) is 0 Å². The van der Waals surface area contributed by atoms with Crippen molar-refractivity contribution in [3.8, 4) is 0 Å². The molecule has 0 aromatic heterocycles. The number of esters is 1. The molecule has 0 aliphatic rings. The van der Waals surface area contributed by atoms with Gasteiger partial charge in [0.1, 0.15) is 6.42 Å². The van der Waals surface area contributed by atoms with Crippen LogP contribution in [0.4, 0.5) is 5.69 Å². The number of hydrogen-bond donors (Lipinski definition) is 1. The SMILES string of the molecule is CCOC(=O)CC(=O)Nc1ccccc1.Cl. The molecule has 0 saturated heterocycles. The first-order valence-corrected chi connectivity index (χ1v) is 4.73. The van der Waals surface area contributed by atoms with E-state index in [-0.39, 0.29) is 31.3 Å². The Morgan fingerprint density at radius 3 is 2.44 bits per heavy atom. The zero-order chi connectivity index (χ0) is 11.1. The molecular formula is C11H14ClNO3. The van der Waals surface area contributed by atoms with Gasteiger partial charge in [-0.05, 0) is 19.1 Å². The van der Waals surface area contributed by atoms with E-state index in [1.807, 2.05) is 6.07 Å². The summed E-state index contributed by atoms with van der Waals surface area (Å²) in [4.78, 5) is 22.2. The summed E-state index contributed by atoms with van der Waals surface area (Å²) in [5.74, 6) is -0.870. The summed E-state index contributed by atoms with van der Waals surface area (Å²) in [7, 11) is 0. The lowest BCUT2D eigenvalue weighted by atomic mass is 10.3. The second kappa shape index (κ2) is 7.70. The van der Waals surface area contributed by atoms with Crippen LogP contribution in [0, 0.1) is 0 Å². The van der Waals surface area contributed by atoms with Crippen molar-refractivity contribution in [2.75, 3.05) is 11.9 Å². The molecule has 1 N–H and O–H groups in total. The minimum Gasteiger partial charge on any atom is -0.466 e. The van der Waals surface area contributed by atoms with Gasteiger partial charge in [-0.3, -0.25) is 9.59 Å². The maximum absolute atomic E-state index is 11.3. The summed E-state index contributed by atoms with van der Waals surface area (Å²) in [5, 5.41) is 2.59. The Bertz CT molecular complexity index is 340. The van der Waals surface area contributed by atoms with Gasteiger partial charge in [-0.2, -0.15) is 0 Å². The van der Waals surface area contributed by atoms with E-state index in [2.05, 4.69) is 10.1 Å². The lowest BCUT2D eigenvalue weighted by molar-refractivity contribution is -0.145. The zero-order valence-corrected chi connectivity index (χ0v) is 9.75. The maximum atomic E-state index is 11.3. The molecular weight excluding hydrogens is 230 g/mol. The second-order valence-electron chi connectivity index (χ2n) is 2.90. The van der Waals surface area contributed by atoms with Crippen LogP contribution in [0.1, 0.15) is 13.3 Å². The Balaban J connectivity index is 0.00000225. The minimum atomic E-state index is -0.508. The highest BCUT2D eigenvalue weighted by molar-refractivity contribution is 6.01. The van der Waals surface area contributed by atoms with E-state index in [0.717, 1.165) is 0 Å². The summed E-state index contributed by atoms with van der Waals surface area (Å²) in [5.41, 5.74) is 0.673.